The first-order valence-electron chi connectivity index (χ1n) is 5.74. The summed E-state index contributed by atoms with van der Waals surface area (Å²) >= 11 is 0. The summed E-state index contributed by atoms with van der Waals surface area (Å²) in [6.07, 6.45) is 0. The molecular formula is C12H22N4O. The molecule has 17 heavy (non-hydrogen) atoms. The fraction of sp³-hybridized carbons (Fsp3) is 0.667. The highest BCUT2D eigenvalue weighted by Crippen LogP contribution is 2.20. The van der Waals surface area contributed by atoms with Crippen LogP contribution in [-0.2, 0) is 5.41 Å². The van der Waals surface area contributed by atoms with Gasteiger partial charge in [0, 0.05) is 23.2 Å². The molecule has 0 aliphatic rings. The number of hydrogen-bond donors (Lipinski definition) is 3. The Hall–Kier alpha value is -1.36. The molecule has 1 rings (SSSR count). The maximum atomic E-state index is 11.9. The molecule has 0 radical (unpaired) electrons. The average Bonchev–Trinajstić information content (AvgIpc) is 2.65. The molecule has 96 valence electrons. The van der Waals surface area contributed by atoms with Crippen LogP contribution < -0.4 is 11.1 Å². The molecule has 1 aromatic heterocycles. The minimum absolute atomic E-state index is 0.0467. The Kier molecular flexibility index (Phi) is 3.62. The zero-order chi connectivity index (χ0) is 13.3. The molecule has 0 bridgehead atoms. The second-order valence-corrected chi connectivity index (χ2v) is 5.96. The van der Waals surface area contributed by atoms with Gasteiger partial charge in [0.15, 0.2) is 0 Å². The van der Waals surface area contributed by atoms with E-state index < -0.39 is 5.54 Å². The monoisotopic (exact) mass is 238 g/mol. The molecule has 0 unspecified atom stereocenters. The van der Waals surface area contributed by atoms with Crippen molar-refractivity contribution in [2.75, 3.05) is 6.54 Å². The molecule has 1 amide bonds. The van der Waals surface area contributed by atoms with Gasteiger partial charge in [-0.2, -0.15) is 5.10 Å². The van der Waals surface area contributed by atoms with Crippen LogP contribution in [0.3, 0.4) is 0 Å². The van der Waals surface area contributed by atoms with Crippen molar-refractivity contribution in [1.82, 2.24) is 15.5 Å². The number of amides is 1. The van der Waals surface area contributed by atoms with Gasteiger partial charge in [0.05, 0.1) is 0 Å². The lowest BCUT2D eigenvalue weighted by atomic mass is 9.92. The molecule has 0 aromatic carbocycles. The topological polar surface area (TPSA) is 83.8 Å². The van der Waals surface area contributed by atoms with E-state index in [0.29, 0.717) is 12.2 Å². The highest BCUT2D eigenvalue weighted by Gasteiger charge is 2.23. The van der Waals surface area contributed by atoms with Gasteiger partial charge >= 0.3 is 0 Å². The van der Waals surface area contributed by atoms with Gasteiger partial charge in [-0.15, -0.1) is 0 Å². The second kappa shape index (κ2) is 4.49. The van der Waals surface area contributed by atoms with E-state index in [1.807, 2.05) is 13.8 Å². The number of nitrogens with zero attached hydrogens (tertiary/aromatic N) is 1. The molecule has 5 heteroatoms. The lowest BCUT2D eigenvalue weighted by Gasteiger charge is -2.23. The quantitative estimate of drug-likeness (QED) is 0.739. The molecule has 0 saturated carbocycles. The maximum Gasteiger partial charge on any atom is 0.272 e. The summed E-state index contributed by atoms with van der Waals surface area (Å²) in [6, 6.07) is 1.78. The molecule has 1 heterocycles. The SMILES string of the molecule is CC(C)(CN)NC(=O)c1cc(C(C)(C)C)[nH]n1. The van der Waals surface area contributed by atoms with Gasteiger partial charge in [-0.3, -0.25) is 9.89 Å². The number of carbonyl (C=O) groups excluding carboxylic acids is 1. The molecule has 0 spiro atoms. The minimum Gasteiger partial charge on any atom is -0.344 e. The first-order valence-corrected chi connectivity index (χ1v) is 5.74. The summed E-state index contributed by atoms with van der Waals surface area (Å²) in [7, 11) is 0. The lowest BCUT2D eigenvalue weighted by molar-refractivity contribution is 0.0910. The van der Waals surface area contributed by atoms with E-state index >= 15 is 0 Å². The Bertz CT molecular complexity index is 401. The third-order valence-electron chi connectivity index (χ3n) is 2.58. The molecule has 0 aliphatic carbocycles. The molecule has 0 aliphatic heterocycles. The summed E-state index contributed by atoms with van der Waals surface area (Å²) in [5.74, 6) is -0.202. The van der Waals surface area contributed by atoms with Crippen molar-refractivity contribution in [1.29, 1.82) is 0 Å². The predicted octanol–water partition coefficient (Wildman–Crippen LogP) is 1.17. The molecule has 1 aromatic rings. The van der Waals surface area contributed by atoms with Crippen molar-refractivity contribution in [3.8, 4) is 0 Å². The number of H-pyrrole nitrogens is 1. The standard InChI is InChI=1S/C12H22N4O/c1-11(2,3)9-6-8(15-16-9)10(17)14-12(4,5)7-13/h6H,7,13H2,1-5H3,(H,14,17)(H,15,16). The third-order valence-corrected chi connectivity index (χ3v) is 2.58. The smallest absolute Gasteiger partial charge is 0.272 e. The fourth-order valence-corrected chi connectivity index (χ4v) is 1.24. The predicted molar refractivity (Wildman–Crippen MR) is 67.9 cm³/mol. The van der Waals surface area contributed by atoms with Crippen LogP contribution in [0.1, 0.15) is 50.8 Å². The first kappa shape index (κ1) is 13.7. The molecule has 0 fully saturated rings. The van der Waals surface area contributed by atoms with Gasteiger partial charge in [-0.1, -0.05) is 20.8 Å². The van der Waals surface area contributed by atoms with E-state index in [0.717, 1.165) is 5.69 Å². The van der Waals surface area contributed by atoms with Crippen LogP contribution in [0.4, 0.5) is 0 Å². The lowest BCUT2D eigenvalue weighted by Crippen LogP contribution is -2.48. The number of carbonyl (C=O) groups is 1. The van der Waals surface area contributed by atoms with Crippen LogP contribution in [-0.4, -0.2) is 28.2 Å². The van der Waals surface area contributed by atoms with Crippen LogP contribution in [0, 0.1) is 0 Å². The van der Waals surface area contributed by atoms with Gasteiger partial charge < -0.3 is 11.1 Å². The van der Waals surface area contributed by atoms with Gasteiger partial charge in [-0.25, -0.2) is 0 Å². The number of aromatic amines is 1. The van der Waals surface area contributed by atoms with Crippen molar-refractivity contribution in [3.05, 3.63) is 17.5 Å². The highest BCUT2D eigenvalue weighted by molar-refractivity contribution is 5.92. The Morgan fingerprint density at radius 2 is 2.00 bits per heavy atom. The van der Waals surface area contributed by atoms with Crippen LogP contribution in [0.2, 0.25) is 0 Å². The van der Waals surface area contributed by atoms with Crippen molar-refractivity contribution >= 4 is 5.91 Å². The van der Waals surface area contributed by atoms with E-state index in [4.69, 9.17) is 5.73 Å². The molecular weight excluding hydrogens is 216 g/mol. The van der Waals surface area contributed by atoms with Gasteiger partial charge in [0.25, 0.3) is 5.91 Å². The van der Waals surface area contributed by atoms with E-state index in [1.165, 1.54) is 0 Å². The normalized spacial score (nSPS) is 12.6. The number of nitrogens with one attached hydrogen (secondary N) is 2. The molecule has 0 atom stereocenters. The van der Waals surface area contributed by atoms with Crippen molar-refractivity contribution in [3.63, 3.8) is 0 Å². The zero-order valence-electron chi connectivity index (χ0n) is 11.2. The number of nitrogens with two attached hydrogens (primary N) is 1. The summed E-state index contributed by atoms with van der Waals surface area (Å²) in [5, 5.41) is 9.75. The Balaban J connectivity index is 2.81. The van der Waals surface area contributed by atoms with Crippen LogP contribution >= 0.6 is 0 Å². The van der Waals surface area contributed by atoms with Gasteiger partial charge in [0.1, 0.15) is 5.69 Å². The van der Waals surface area contributed by atoms with Gasteiger partial charge in [0.2, 0.25) is 0 Å². The fourth-order valence-electron chi connectivity index (χ4n) is 1.24. The molecule has 0 saturated heterocycles. The summed E-state index contributed by atoms with van der Waals surface area (Å²) in [6.45, 7) is 10.3. The summed E-state index contributed by atoms with van der Waals surface area (Å²) in [5.41, 5.74) is 6.44. The Morgan fingerprint density at radius 1 is 1.41 bits per heavy atom. The minimum atomic E-state index is -0.419. The second-order valence-electron chi connectivity index (χ2n) is 5.96. The van der Waals surface area contributed by atoms with Crippen molar-refractivity contribution in [2.24, 2.45) is 5.73 Å². The zero-order valence-corrected chi connectivity index (χ0v) is 11.2. The van der Waals surface area contributed by atoms with Crippen LogP contribution in [0.5, 0.6) is 0 Å². The summed E-state index contributed by atoms with van der Waals surface area (Å²) in [4.78, 5) is 11.9. The van der Waals surface area contributed by atoms with E-state index in [-0.39, 0.29) is 11.3 Å². The van der Waals surface area contributed by atoms with Crippen molar-refractivity contribution < 1.29 is 4.79 Å². The molecule has 5 nitrogen and oxygen atoms in total. The van der Waals surface area contributed by atoms with Gasteiger partial charge in [-0.05, 0) is 19.9 Å². The maximum absolute atomic E-state index is 11.9. The number of aromatic nitrogens is 2. The Morgan fingerprint density at radius 3 is 2.41 bits per heavy atom. The average molecular weight is 238 g/mol. The van der Waals surface area contributed by atoms with E-state index in [9.17, 15) is 4.79 Å². The molecule has 4 N–H and O–H groups in total. The first-order chi connectivity index (χ1) is 7.65. The number of rotatable bonds is 3. The van der Waals surface area contributed by atoms with E-state index in [1.54, 1.807) is 6.07 Å². The number of hydrogen-bond acceptors (Lipinski definition) is 3. The van der Waals surface area contributed by atoms with E-state index in [2.05, 4.69) is 36.3 Å². The van der Waals surface area contributed by atoms with Crippen LogP contribution in [0.15, 0.2) is 6.07 Å². The third kappa shape index (κ3) is 3.56. The van der Waals surface area contributed by atoms with Crippen LogP contribution in [0.25, 0.3) is 0 Å². The summed E-state index contributed by atoms with van der Waals surface area (Å²) < 4.78 is 0. The van der Waals surface area contributed by atoms with Crippen molar-refractivity contribution in [2.45, 2.75) is 45.6 Å². The highest BCUT2D eigenvalue weighted by atomic mass is 16.2. The Labute approximate surface area is 102 Å². The largest absolute Gasteiger partial charge is 0.344 e.